The number of halogens is 2. The first-order valence-electron chi connectivity index (χ1n) is 6.71. The normalized spacial score (nSPS) is 15.7. The molecule has 0 aliphatic heterocycles. The maximum atomic E-state index is 10.7. The van der Waals surface area contributed by atoms with Crippen molar-refractivity contribution in [2.75, 3.05) is 0 Å². The Labute approximate surface area is 130 Å². The molecular weight excluding hydrogens is 297 g/mol. The van der Waals surface area contributed by atoms with Gasteiger partial charge in [0.25, 0.3) is 0 Å². The van der Waals surface area contributed by atoms with Crippen LogP contribution in [0.5, 0.6) is 0 Å². The van der Waals surface area contributed by atoms with Crippen molar-refractivity contribution in [3.63, 3.8) is 0 Å². The van der Waals surface area contributed by atoms with Crippen LogP contribution in [0.1, 0.15) is 32.3 Å². The van der Waals surface area contributed by atoms with Gasteiger partial charge < -0.3 is 10.8 Å². The average Bonchev–Trinajstić information content (AvgIpc) is 2.32. The third-order valence-corrected chi connectivity index (χ3v) is 4.22. The number of aliphatic carboxylic acids is 1. The van der Waals surface area contributed by atoms with E-state index in [2.05, 4.69) is 6.92 Å². The molecule has 20 heavy (non-hydrogen) atoms. The molecule has 0 bridgehead atoms. The molecule has 0 spiro atoms. The highest BCUT2D eigenvalue weighted by Crippen LogP contribution is 2.25. The zero-order valence-electron chi connectivity index (χ0n) is 11.8. The van der Waals surface area contributed by atoms with Crippen LogP contribution in [0.25, 0.3) is 0 Å². The van der Waals surface area contributed by atoms with Gasteiger partial charge in [0, 0.05) is 6.04 Å². The number of nitrogens with two attached hydrogens (primary N) is 1. The van der Waals surface area contributed by atoms with Crippen LogP contribution < -0.4 is 5.73 Å². The summed E-state index contributed by atoms with van der Waals surface area (Å²) >= 11 is 11.9. The summed E-state index contributed by atoms with van der Waals surface area (Å²) in [7, 11) is 0. The second kappa shape index (κ2) is 7.87. The molecule has 0 saturated heterocycles. The van der Waals surface area contributed by atoms with E-state index < -0.39 is 5.97 Å². The Morgan fingerprint density at radius 3 is 2.50 bits per heavy atom. The summed E-state index contributed by atoms with van der Waals surface area (Å²) in [5.74, 6) is -0.271. The molecule has 0 fully saturated rings. The molecule has 112 valence electrons. The first-order valence-corrected chi connectivity index (χ1v) is 7.46. The minimum Gasteiger partial charge on any atom is -0.481 e. The Morgan fingerprint density at radius 2 is 1.95 bits per heavy atom. The largest absolute Gasteiger partial charge is 0.481 e. The summed E-state index contributed by atoms with van der Waals surface area (Å²) in [4.78, 5) is 10.7. The molecule has 3 nitrogen and oxygen atoms in total. The van der Waals surface area contributed by atoms with Crippen LogP contribution in [0.3, 0.4) is 0 Å². The maximum Gasteiger partial charge on any atom is 0.304 e. The molecule has 0 aliphatic rings. The summed E-state index contributed by atoms with van der Waals surface area (Å²) in [6, 6.07) is 5.34. The van der Waals surface area contributed by atoms with Crippen molar-refractivity contribution in [3.05, 3.63) is 33.8 Å². The van der Waals surface area contributed by atoms with Gasteiger partial charge in [0.15, 0.2) is 0 Å². The number of carbonyl (C=O) groups is 1. The summed E-state index contributed by atoms with van der Waals surface area (Å²) < 4.78 is 0. The van der Waals surface area contributed by atoms with E-state index in [0.29, 0.717) is 16.0 Å². The smallest absolute Gasteiger partial charge is 0.304 e. The van der Waals surface area contributed by atoms with E-state index >= 15 is 0 Å². The summed E-state index contributed by atoms with van der Waals surface area (Å²) in [6.45, 7) is 4.13. The third-order valence-electron chi connectivity index (χ3n) is 3.48. The maximum absolute atomic E-state index is 10.7. The molecule has 0 amide bonds. The van der Waals surface area contributed by atoms with Crippen molar-refractivity contribution in [2.24, 2.45) is 17.6 Å². The lowest BCUT2D eigenvalue weighted by molar-refractivity contribution is -0.137. The van der Waals surface area contributed by atoms with E-state index in [1.54, 1.807) is 6.07 Å². The number of rotatable bonds is 7. The molecule has 3 unspecified atom stereocenters. The van der Waals surface area contributed by atoms with Crippen LogP contribution in [-0.2, 0) is 11.2 Å². The monoisotopic (exact) mass is 317 g/mol. The van der Waals surface area contributed by atoms with Gasteiger partial charge in [-0.05, 0) is 42.4 Å². The van der Waals surface area contributed by atoms with Gasteiger partial charge in [0.05, 0.1) is 16.5 Å². The highest BCUT2D eigenvalue weighted by Gasteiger charge is 2.18. The van der Waals surface area contributed by atoms with Crippen LogP contribution in [0.15, 0.2) is 18.2 Å². The van der Waals surface area contributed by atoms with E-state index in [0.717, 1.165) is 18.4 Å². The van der Waals surface area contributed by atoms with Crippen molar-refractivity contribution < 1.29 is 9.90 Å². The number of hydrogen-bond acceptors (Lipinski definition) is 2. The fraction of sp³-hybridized carbons (Fsp3) is 0.533. The third kappa shape index (κ3) is 5.70. The lowest BCUT2D eigenvalue weighted by Gasteiger charge is -2.22. The van der Waals surface area contributed by atoms with Crippen LogP contribution >= 0.6 is 23.2 Å². The fourth-order valence-corrected chi connectivity index (χ4v) is 2.69. The molecule has 5 heteroatoms. The van der Waals surface area contributed by atoms with Gasteiger partial charge in [-0.15, -0.1) is 0 Å². The average molecular weight is 318 g/mol. The van der Waals surface area contributed by atoms with Gasteiger partial charge in [-0.2, -0.15) is 0 Å². The SMILES string of the molecule is CC(Cc1ccc(Cl)c(Cl)c1)CC(C)C(N)CC(=O)O. The standard InChI is InChI=1S/C15H21Cl2NO2/c1-9(5-10(2)14(18)8-15(19)20)6-11-3-4-12(16)13(17)7-11/h3-4,7,9-10,14H,5-6,8,18H2,1-2H3,(H,19,20). The van der Waals surface area contributed by atoms with Crippen molar-refractivity contribution in [3.8, 4) is 0 Å². The zero-order chi connectivity index (χ0) is 15.3. The fourth-order valence-electron chi connectivity index (χ4n) is 2.36. The van der Waals surface area contributed by atoms with Gasteiger partial charge in [-0.1, -0.05) is 43.1 Å². The van der Waals surface area contributed by atoms with E-state index in [-0.39, 0.29) is 18.4 Å². The van der Waals surface area contributed by atoms with Crippen molar-refractivity contribution in [1.82, 2.24) is 0 Å². The first-order chi connectivity index (χ1) is 9.29. The number of carboxylic acid groups (broad SMARTS) is 1. The second-order valence-corrected chi connectivity index (χ2v) is 6.35. The highest BCUT2D eigenvalue weighted by molar-refractivity contribution is 6.42. The Kier molecular flexibility index (Phi) is 6.80. The molecular formula is C15H21Cl2NO2. The lowest BCUT2D eigenvalue weighted by atomic mass is 9.87. The summed E-state index contributed by atoms with van der Waals surface area (Å²) in [5.41, 5.74) is 7.01. The number of carboxylic acids is 1. The molecule has 0 aliphatic carbocycles. The summed E-state index contributed by atoms with van der Waals surface area (Å²) in [5, 5.41) is 9.87. The molecule has 0 radical (unpaired) electrons. The van der Waals surface area contributed by atoms with Crippen LogP contribution in [0.2, 0.25) is 10.0 Å². The van der Waals surface area contributed by atoms with E-state index in [4.69, 9.17) is 34.0 Å². The summed E-state index contributed by atoms with van der Waals surface area (Å²) in [6.07, 6.45) is 1.77. The van der Waals surface area contributed by atoms with Crippen molar-refractivity contribution >= 4 is 29.2 Å². The molecule has 0 saturated carbocycles. The van der Waals surface area contributed by atoms with Gasteiger partial charge in [0.1, 0.15) is 0 Å². The van der Waals surface area contributed by atoms with E-state index in [1.807, 2.05) is 19.1 Å². The minimum absolute atomic E-state index is 0.0145. The van der Waals surface area contributed by atoms with Crippen molar-refractivity contribution in [2.45, 2.75) is 39.2 Å². The quantitative estimate of drug-likeness (QED) is 0.798. The Bertz CT molecular complexity index is 465. The molecule has 1 aromatic carbocycles. The molecule has 1 aromatic rings. The Morgan fingerprint density at radius 1 is 1.30 bits per heavy atom. The zero-order valence-corrected chi connectivity index (χ0v) is 13.3. The molecule has 1 rings (SSSR count). The van der Waals surface area contributed by atoms with E-state index in [9.17, 15) is 4.79 Å². The lowest BCUT2D eigenvalue weighted by Crippen LogP contribution is -2.32. The number of benzene rings is 1. The molecule has 3 atom stereocenters. The highest BCUT2D eigenvalue weighted by atomic mass is 35.5. The van der Waals surface area contributed by atoms with Gasteiger partial charge >= 0.3 is 5.97 Å². The predicted octanol–water partition coefficient (Wildman–Crippen LogP) is 4.00. The van der Waals surface area contributed by atoms with Crippen LogP contribution in [0, 0.1) is 11.8 Å². The molecule has 0 heterocycles. The van der Waals surface area contributed by atoms with Crippen LogP contribution in [0.4, 0.5) is 0 Å². The minimum atomic E-state index is -0.846. The van der Waals surface area contributed by atoms with E-state index in [1.165, 1.54) is 0 Å². The number of hydrogen-bond donors (Lipinski definition) is 2. The topological polar surface area (TPSA) is 63.3 Å². The van der Waals surface area contributed by atoms with Gasteiger partial charge in [0.2, 0.25) is 0 Å². The molecule has 0 aromatic heterocycles. The van der Waals surface area contributed by atoms with Crippen LogP contribution in [-0.4, -0.2) is 17.1 Å². The van der Waals surface area contributed by atoms with Crippen molar-refractivity contribution in [1.29, 1.82) is 0 Å². The Balaban J connectivity index is 2.52. The first kappa shape index (κ1) is 17.3. The van der Waals surface area contributed by atoms with Gasteiger partial charge in [-0.25, -0.2) is 0 Å². The second-order valence-electron chi connectivity index (χ2n) is 5.53. The predicted molar refractivity (Wildman–Crippen MR) is 83.3 cm³/mol. The Hall–Kier alpha value is -0.770. The molecule has 3 N–H and O–H groups in total. The van der Waals surface area contributed by atoms with Gasteiger partial charge in [-0.3, -0.25) is 4.79 Å².